The lowest BCUT2D eigenvalue weighted by Gasteiger charge is -2.10. The molecule has 0 saturated carbocycles. The van der Waals surface area contributed by atoms with Crippen LogP contribution >= 0.6 is 0 Å². The first kappa shape index (κ1) is 11.1. The molecule has 0 spiro atoms. The lowest BCUT2D eigenvalue weighted by Crippen LogP contribution is -2.19. The fourth-order valence-electron chi connectivity index (χ4n) is 1.95. The molecule has 3 atom stereocenters. The van der Waals surface area contributed by atoms with Gasteiger partial charge in [-0.1, -0.05) is 0 Å². The lowest BCUT2D eigenvalue weighted by atomic mass is 10.3. The predicted octanol–water partition coefficient (Wildman–Crippen LogP) is -1.70. The van der Waals surface area contributed by atoms with Crippen LogP contribution in [0.3, 0.4) is 0 Å². The molecule has 1 aliphatic heterocycles. The van der Waals surface area contributed by atoms with E-state index in [1.807, 2.05) is 0 Å². The number of aromatic amines is 1. The predicted molar refractivity (Wildman–Crippen MR) is 59.3 cm³/mol. The second kappa shape index (κ2) is 3.77. The van der Waals surface area contributed by atoms with E-state index in [1.54, 1.807) is 0 Å². The number of fused-ring (bicyclic) bond motifs is 1. The van der Waals surface area contributed by atoms with Crippen molar-refractivity contribution in [1.82, 2.24) is 19.7 Å². The number of ether oxygens (including phenoxy) is 1. The highest BCUT2D eigenvalue weighted by Crippen LogP contribution is 2.28. The van der Waals surface area contributed by atoms with Crippen LogP contribution in [0.2, 0.25) is 0 Å². The van der Waals surface area contributed by atoms with Crippen LogP contribution < -0.4 is 11.3 Å². The number of nitrogens with two attached hydrogens (primary N) is 1. The molecule has 0 unspecified atom stereocenters. The van der Waals surface area contributed by atoms with Crippen molar-refractivity contribution in [1.29, 1.82) is 0 Å². The summed E-state index contributed by atoms with van der Waals surface area (Å²) < 4.78 is 6.44. The van der Waals surface area contributed by atoms with Crippen molar-refractivity contribution in [2.24, 2.45) is 0 Å². The third-order valence-electron chi connectivity index (χ3n) is 2.82. The van der Waals surface area contributed by atoms with Crippen molar-refractivity contribution >= 4 is 17.0 Å². The first-order chi connectivity index (χ1) is 8.56. The second-order valence-electron chi connectivity index (χ2n) is 4.06. The minimum Gasteiger partial charge on any atom is -0.388 e. The Bertz CT molecular complexity index is 640. The smallest absolute Gasteiger partial charge is 0.263 e. The topological polar surface area (TPSA) is 139 Å². The maximum atomic E-state index is 11.6. The third kappa shape index (κ3) is 1.56. The molecule has 0 amide bonds. The van der Waals surface area contributed by atoms with Crippen molar-refractivity contribution in [2.75, 3.05) is 5.73 Å². The van der Waals surface area contributed by atoms with Gasteiger partial charge >= 0.3 is 0 Å². The average molecular weight is 253 g/mol. The molecule has 96 valence electrons. The van der Waals surface area contributed by atoms with E-state index in [9.17, 15) is 15.0 Å². The number of nitrogen functional groups attached to an aromatic ring is 1. The highest BCUT2D eigenvalue weighted by Gasteiger charge is 2.35. The highest BCUT2D eigenvalue weighted by atomic mass is 16.6. The van der Waals surface area contributed by atoms with Gasteiger partial charge in [-0.25, -0.2) is 4.68 Å². The standard InChI is InChI=1S/C9H11N5O4/c10-9-12-6-3(7(16)13-9)2-11-14(6)5-1-4(15)8(17)18-5/h2,4-5,8,15,17H,1H2,(H3,10,12,13,16)/t4-,5+,8-/m0/s1. The molecule has 0 aromatic carbocycles. The average Bonchev–Trinajstić information content (AvgIpc) is 2.83. The van der Waals surface area contributed by atoms with Gasteiger partial charge in [0.05, 0.1) is 6.20 Å². The zero-order valence-electron chi connectivity index (χ0n) is 9.15. The van der Waals surface area contributed by atoms with E-state index in [2.05, 4.69) is 15.1 Å². The summed E-state index contributed by atoms with van der Waals surface area (Å²) in [5.41, 5.74) is 5.31. The molecular weight excluding hydrogens is 242 g/mol. The third-order valence-corrected chi connectivity index (χ3v) is 2.82. The molecule has 1 saturated heterocycles. The Balaban J connectivity index is 2.11. The van der Waals surface area contributed by atoms with Gasteiger partial charge in [-0.15, -0.1) is 0 Å². The molecular formula is C9H11N5O4. The van der Waals surface area contributed by atoms with Crippen molar-refractivity contribution in [2.45, 2.75) is 25.0 Å². The van der Waals surface area contributed by atoms with Gasteiger partial charge in [0.1, 0.15) is 11.5 Å². The number of aliphatic hydroxyl groups excluding tert-OH is 2. The summed E-state index contributed by atoms with van der Waals surface area (Å²) in [6, 6.07) is 0. The van der Waals surface area contributed by atoms with Gasteiger partial charge in [0.25, 0.3) is 5.56 Å². The largest absolute Gasteiger partial charge is 0.388 e. The van der Waals surface area contributed by atoms with Gasteiger partial charge in [0, 0.05) is 6.42 Å². The zero-order chi connectivity index (χ0) is 12.9. The van der Waals surface area contributed by atoms with Crippen LogP contribution in [0.25, 0.3) is 11.0 Å². The molecule has 3 rings (SSSR count). The molecule has 2 aromatic heterocycles. The van der Waals surface area contributed by atoms with Gasteiger partial charge in [-0.2, -0.15) is 10.1 Å². The Morgan fingerprint density at radius 2 is 2.33 bits per heavy atom. The van der Waals surface area contributed by atoms with E-state index in [4.69, 9.17) is 10.5 Å². The SMILES string of the molecule is Nc1nc2c(cnn2[C@H]2C[C@H](O)[C@@H](O)O2)c(=O)[nH]1. The number of nitrogens with one attached hydrogen (secondary N) is 1. The Morgan fingerprint density at radius 1 is 1.56 bits per heavy atom. The Hall–Kier alpha value is -1.97. The summed E-state index contributed by atoms with van der Waals surface area (Å²) in [5, 5.41) is 23.0. The molecule has 3 heterocycles. The molecule has 9 nitrogen and oxygen atoms in total. The van der Waals surface area contributed by atoms with Crippen LogP contribution in [0.1, 0.15) is 12.6 Å². The maximum absolute atomic E-state index is 11.6. The van der Waals surface area contributed by atoms with Gasteiger partial charge in [0.2, 0.25) is 5.95 Å². The molecule has 5 N–H and O–H groups in total. The van der Waals surface area contributed by atoms with E-state index < -0.39 is 24.2 Å². The molecule has 0 bridgehead atoms. The van der Waals surface area contributed by atoms with Crippen LogP contribution in [0.15, 0.2) is 11.0 Å². The molecule has 9 heteroatoms. The van der Waals surface area contributed by atoms with E-state index in [-0.39, 0.29) is 23.4 Å². The van der Waals surface area contributed by atoms with Crippen molar-refractivity contribution in [3.63, 3.8) is 0 Å². The van der Waals surface area contributed by atoms with Gasteiger partial charge in [-0.05, 0) is 0 Å². The fraction of sp³-hybridized carbons (Fsp3) is 0.444. The number of rotatable bonds is 1. The van der Waals surface area contributed by atoms with E-state index in [0.717, 1.165) is 0 Å². The number of hydrogen-bond acceptors (Lipinski definition) is 7. The number of aromatic nitrogens is 4. The first-order valence-electron chi connectivity index (χ1n) is 5.31. The highest BCUT2D eigenvalue weighted by molar-refractivity contribution is 5.74. The minimum absolute atomic E-state index is 0.0339. The summed E-state index contributed by atoms with van der Waals surface area (Å²) in [6.45, 7) is 0. The number of nitrogens with zero attached hydrogens (tertiary/aromatic N) is 3. The molecule has 1 aliphatic rings. The van der Waals surface area contributed by atoms with Crippen LogP contribution in [0, 0.1) is 0 Å². The first-order valence-corrected chi connectivity index (χ1v) is 5.31. The van der Waals surface area contributed by atoms with E-state index >= 15 is 0 Å². The zero-order valence-corrected chi connectivity index (χ0v) is 9.15. The second-order valence-corrected chi connectivity index (χ2v) is 4.06. The molecule has 18 heavy (non-hydrogen) atoms. The fourth-order valence-corrected chi connectivity index (χ4v) is 1.95. The number of anilines is 1. The molecule has 2 aromatic rings. The van der Waals surface area contributed by atoms with Crippen LogP contribution in [0.4, 0.5) is 5.95 Å². The summed E-state index contributed by atoms with van der Waals surface area (Å²) in [4.78, 5) is 17.9. The Labute approximate surface area is 99.8 Å². The van der Waals surface area contributed by atoms with Crippen molar-refractivity contribution in [3.8, 4) is 0 Å². The molecule has 1 fully saturated rings. The van der Waals surface area contributed by atoms with Crippen molar-refractivity contribution in [3.05, 3.63) is 16.6 Å². The van der Waals surface area contributed by atoms with Crippen molar-refractivity contribution < 1.29 is 14.9 Å². The van der Waals surface area contributed by atoms with Crippen LogP contribution in [-0.2, 0) is 4.74 Å². The Kier molecular flexibility index (Phi) is 2.33. The maximum Gasteiger partial charge on any atom is 0.263 e. The normalized spacial score (nSPS) is 28.0. The number of aliphatic hydroxyl groups is 2. The quantitative estimate of drug-likeness (QED) is 0.475. The van der Waals surface area contributed by atoms with E-state index in [0.29, 0.717) is 0 Å². The summed E-state index contributed by atoms with van der Waals surface area (Å²) in [7, 11) is 0. The molecule has 0 radical (unpaired) electrons. The Morgan fingerprint density at radius 3 is 3.00 bits per heavy atom. The van der Waals surface area contributed by atoms with Gasteiger partial charge in [-0.3, -0.25) is 9.78 Å². The number of hydrogen-bond donors (Lipinski definition) is 4. The number of H-pyrrole nitrogens is 1. The summed E-state index contributed by atoms with van der Waals surface area (Å²) in [5.74, 6) is -0.0339. The van der Waals surface area contributed by atoms with E-state index in [1.165, 1.54) is 10.9 Å². The van der Waals surface area contributed by atoms with Gasteiger partial charge in [0.15, 0.2) is 18.2 Å². The monoisotopic (exact) mass is 253 g/mol. The van der Waals surface area contributed by atoms with Crippen LogP contribution in [-0.4, -0.2) is 42.4 Å². The summed E-state index contributed by atoms with van der Waals surface area (Å²) >= 11 is 0. The summed E-state index contributed by atoms with van der Waals surface area (Å²) in [6.07, 6.45) is -1.45. The van der Waals surface area contributed by atoms with Crippen LogP contribution in [0.5, 0.6) is 0 Å². The molecule has 0 aliphatic carbocycles. The lowest BCUT2D eigenvalue weighted by molar-refractivity contribution is -0.142. The minimum atomic E-state index is -1.27. The van der Waals surface area contributed by atoms with Gasteiger partial charge < -0.3 is 20.7 Å².